The minimum atomic E-state index is -0.326. The van der Waals surface area contributed by atoms with Crippen LogP contribution in [0.2, 0.25) is 5.02 Å². The molecule has 0 bridgehead atoms. The number of hydrogen-bond donors (Lipinski definition) is 1. The summed E-state index contributed by atoms with van der Waals surface area (Å²) < 4.78 is 11.5. The van der Waals surface area contributed by atoms with E-state index in [2.05, 4.69) is 5.32 Å². The zero-order valence-electron chi connectivity index (χ0n) is 19.9. The van der Waals surface area contributed by atoms with Gasteiger partial charge in [0.15, 0.2) is 0 Å². The van der Waals surface area contributed by atoms with Gasteiger partial charge in [-0.25, -0.2) is 0 Å². The van der Waals surface area contributed by atoms with Gasteiger partial charge in [0.05, 0.1) is 29.5 Å². The Labute approximate surface area is 224 Å². The van der Waals surface area contributed by atoms with E-state index in [1.54, 1.807) is 42.5 Å². The Bertz CT molecular complexity index is 1310. The molecule has 1 fully saturated rings. The summed E-state index contributed by atoms with van der Waals surface area (Å²) in [6, 6.07) is 19.4. The second-order valence-electron chi connectivity index (χ2n) is 8.86. The molecule has 0 aromatic heterocycles. The molecule has 2 aliphatic heterocycles. The van der Waals surface area contributed by atoms with Crippen LogP contribution in [0, 0.1) is 0 Å². The minimum absolute atomic E-state index is 0.0954. The van der Waals surface area contributed by atoms with E-state index in [0.29, 0.717) is 45.7 Å². The van der Waals surface area contributed by atoms with E-state index in [-0.39, 0.29) is 30.4 Å². The van der Waals surface area contributed by atoms with Gasteiger partial charge in [-0.15, -0.1) is 11.8 Å². The zero-order valence-corrected chi connectivity index (χ0v) is 21.5. The van der Waals surface area contributed by atoms with Crippen LogP contribution in [-0.4, -0.2) is 47.6 Å². The topological polar surface area (TPSA) is 84.9 Å². The van der Waals surface area contributed by atoms with Gasteiger partial charge in [0.25, 0.3) is 11.8 Å². The number of rotatable bonds is 9. The fourth-order valence-electron chi connectivity index (χ4n) is 4.27. The Kier molecular flexibility index (Phi) is 7.79. The van der Waals surface area contributed by atoms with Crippen molar-refractivity contribution in [1.82, 2.24) is 4.90 Å². The quantitative estimate of drug-likeness (QED) is 0.349. The fraction of sp³-hybridized carbons (Fsp3) is 0.250. The maximum Gasteiger partial charge on any atom is 0.261 e. The highest BCUT2D eigenvalue weighted by atomic mass is 35.5. The van der Waals surface area contributed by atoms with E-state index in [1.807, 2.05) is 24.3 Å². The van der Waals surface area contributed by atoms with Gasteiger partial charge < -0.3 is 14.8 Å². The molecule has 5 rings (SSSR count). The SMILES string of the molecule is O=C(CSCc1ccc(Cl)cc1)Nc1ccc(Oc2ccc3c(c2)C(=O)N(CC2CCCO2)C3=O)cc1. The number of imide groups is 1. The summed E-state index contributed by atoms with van der Waals surface area (Å²) in [7, 11) is 0. The molecule has 1 atom stereocenters. The van der Waals surface area contributed by atoms with E-state index >= 15 is 0 Å². The van der Waals surface area contributed by atoms with Gasteiger partial charge >= 0.3 is 0 Å². The highest BCUT2D eigenvalue weighted by molar-refractivity contribution is 7.99. The largest absolute Gasteiger partial charge is 0.457 e. The second-order valence-corrected chi connectivity index (χ2v) is 10.3. The number of hydrogen-bond acceptors (Lipinski definition) is 6. The molecule has 2 aliphatic rings. The normalized spacial score (nSPS) is 16.7. The molecular weight excluding hydrogens is 512 g/mol. The molecule has 0 saturated carbocycles. The Morgan fingerprint density at radius 2 is 1.73 bits per heavy atom. The van der Waals surface area contributed by atoms with Gasteiger partial charge in [-0.05, 0) is 73.0 Å². The highest BCUT2D eigenvalue weighted by Crippen LogP contribution is 2.31. The summed E-state index contributed by atoms with van der Waals surface area (Å²) in [6.07, 6.45) is 1.69. The number of benzene rings is 3. The predicted molar refractivity (Wildman–Crippen MR) is 144 cm³/mol. The number of thioether (sulfide) groups is 1. The first kappa shape index (κ1) is 25.3. The number of carbonyl (C=O) groups excluding carboxylic acids is 3. The third-order valence-corrected chi connectivity index (χ3v) is 7.40. The Morgan fingerprint density at radius 3 is 2.46 bits per heavy atom. The van der Waals surface area contributed by atoms with Crippen molar-refractivity contribution in [3.05, 3.63) is 88.4 Å². The average Bonchev–Trinajstić information content (AvgIpc) is 3.49. The molecule has 0 aliphatic carbocycles. The third kappa shape index (κ3) is 6.15. The molecule has 190 valence electrons. The zero-order chi connectivity index (χ0) is 25.8. The summed E-state index contributed by atoms with van der Waals surface area (Å²) in [4.78, 5) is 39.1. The monoisotopic (exact) mass is 536 g/mol. The van der Waals surface area contributed by atoms with Gasteiger partial charge in [-0.3, -0.25) is 19.3 Å². The van der Waals surface area contributed by atoms with Crippen molar-refractivity contribution in [2.24, 2.45) is 0 Å². The molecule has 1 unspecified atom stereocenters. The van der Waals surface area contributed by atoms with Crippen LogP contribution in [0.25, 0.3) is 0 Å². The lowest BCUT2D eigenvalue weighted by atomic mass is 10.1. The first-order valence-corrected chi connectivity index (χ1v) is 13.5. The number of nitrogens with zero attached hydrogens (tertiary/aromatic N) is 1. The average molecular weight is 537 g/mol. The van der Waals surface area contributed by atoms with Crippen LogP contribution < -0.4 is 10.1 Å². The lowest BCUT2D eigenvalue weighted by Gasteiger charge is -2.17. The van der Waals surface area contributed by atoms with Crippen LogP contribution in [-0.2, 0) is 15.3 Å². The van der Waals surface area contributed by atoms with E-state index < -0.39 is 0 Å². The van der Waals surface area contributed by atoms with Crippen LogP contribution in [0.1, 0.15) is 39.1 Å². The van der Waals surface area contributed by atoms with Crippen LogP contribution in [0.5, 0.6) is 11.5 Å². The lowest BCUT2D eigenvalue weighted by molar-refractivity contribution is -0.113. The molecule has 1 saturated heterocycles. The number of amides is 3. The Balaban J connectivity index is 1.14. The number of anilines is 1. The van der Waals surface area contributed by atoms with Crippen LogP contribution in [0.3, 0.4) is 0 Å². The van der Waals surface area contributed by atoms with E-state index in [1.165, 1.54) is 16.7 Å². The van der Waals surface area contributed by atoms with Gasteiger partial charge in [0.1, 0.15) is 11.5 Å². The molecule has 7 nitrogen and oxygen atoms in total. The summed E-state index contributed by atoms with van der Waals surface area (Å²) in [5.74, 6) is 1.33. The van der Waals surface area contributed by atoms with Crippen molar-refractivity contribution < 1.29 is 23.9 Å². The third-order valence-electron chi connectivity index (χ3n) is 6.14. The molecule has 37 heavy (non-hydrogen) atoms. The van der Waals surface area contributed by atoms with Gasteiger partial charge in [0.2, 0.25) is 5.91 Å². The van der Waals surface area contributed by atoms with E-state index in [0.717, 1.165) is 24.2 Å². The number of halogens is 1. The van der Waals surface area contributed by atoms with E-state index in [4.69, 9.17) is 21.1 Å². The molecule has 0 radical (unpaired) electrons. The molecule has 3 aromatic carbocycles. The van der Waals surface area contributed by atoms with Gasteiger partial charge in [0, 0.05) is 23.1 Å². The first-order valence-electron chi connectivity index (χ1n) is 12.0. The first-order chi connectivity index (χ1) is 18.0. The number of nitrogens with one attached hydrogen (secondary N) is 1. The molecular formula is C28H25ClN2O5S. The fourth-order valence-corrected chi connectivity index (χ4v) is 5.19. The summed E-state index contributed by atoms with van der Waals surface area (Å²) in [5, 5.41) is 3.56. The molecule has 3 amide bonds. The molecule has 1 N–H and O–H groups in total. The minimum Gasteiger partial charge on any atom is -0.457 e. The summed E-state index contributed by atoms with van der Waals surface area (Å²) in [5.41, 5.74) is 2.48. The smallest absolute Gasteiger partial charge is 0.261 e. The van der Waals surface area contributed by atoms with Crippen molar-refractivity contribution in [2.45, 2.75) is 24.7 Å². The molecule has 3 aromatic rings. The predicted octanol–water partition coefficient (Wildman–Crippen LogP) is 5.78. The van der Waals surface area contributed by atoms with Crippen LogP contribution >= 0.6 is 23.4 Å². The maximum atomic E-state index is 12.9. The number of carbonyl (C=O) groups is 3. The van der Waals surface area contributed by atoms with Crippen molar-refractivity contribution in [3.63, 3.8) is 0 Å². The maximum absolute atomic E-state index is 12.9. The summed E-state index contributed by atoms with van der Waals surface area (Å²) >= 11 is 7.42. The van der Waals surface area contributed by atoms with Crippen molar-refractivity contribution in [2.75, 3.05) is 24.2 Å². The van der Waals surface area contributed by atoms with Gasteiger partial charge in [-0.2, -0.15) is 0 Å². The van der Waals surface area contributed by atoms with Crippen molar-refractivity contribution >= 4 is 46.8 Å². The van der Waals surface area contributed by atoms with Crippen molar-refractivity contribution in [3.8, 4) is 11.5 Å². The van der Waals surface area contributed by atoms with Gasteiger partial charge in [-0.1, -0.05) is 23.7 Å². The molecule has 0 spiro atoms. The Hall–Kier alpha value is -3.33. The number of fused-ring (bicyclic) bond motifs is 1. The Morgan fingerprint density at radius 1 is 1.00 bits per heavy atom. The number of ether oxygens (including phenoxy) is 2. The molecule has 2 heterocycles. The molecule has 9 heteroatoms. The lowest BCUT2D eigenvalue weighted by Crippen LogP contribution is -2.36. The highest BCUT2D eigenvalue weighted by Gasteiger charge is 2.37. The summed E-state index contributed by atoms with van der Waals surface area (Å²) in [6.45, 7) is 0.937. The van der Waals surface area contributed by atoms with E-state index in [9.17, 15) is 14.4 Å². The van der Waals surface area contributed by atoms with Crippen LogP contribution in [0.15, 0.2) is 66.7 Å². The second kappa shape index (κ2) is 11.4. The van der Waals surface area contributed by atoms with Crippen molar-refractivity contribution in [1.29, 1.82) is 0 Å². The van der Waals surface area contributed by atoms with Crippen LogP contribution in [0.4, 0.5) is 5.69 Å². The standard InChI is InChI=1S/C28H25ClN2O5S/c29-19-5-3-18(4-6-19)16-37-17-26(32)30-20-7-9-21(10-8-20)36-22-11-12-24-25(14-22)28(34)31(27(24)33)15-23-2-1-13-35-23/h3-12,14,23H,1-2,13,15-17H2,(H,30,32).